The van der Waals surface area contributed by atoms with Crippen LogP contribution in [0.4, 0.5) is 4.79 Å². The number of rotatable bonds is 1. The van der Waals surface area contributed by atoms with E-state index in [4.69, 9.17) is 4.74 Å². The zero-order valence-corrected chi connectivity index (χ0v) is 9.36. The van der Waals surface area contributed by atoms with Crippen LogP contribution in [0.3, 0.4) is 0 Å². The quantitative estimate of drug-likeness (QED) is 0.725. The molecule has 14 heavy (non-hydrogen) atoms. The Balaban J connectivity index is 1.96. The first-order valence-corrected chi connectivity index (χ1v) is 6.34. The van der Waals surface area contributed by atoms with E-state index in [1.165, 1.54) is 24.3 Å². The van der Waals surface area contributed by atoms with Crippen LogP contribution in [-0.4, -0.2) is 30.8 Å². The van der Waals surface area contributed by atoms with Crippen LogP contribution in [0.5, 0.6) is 0 Å². The van der Waals surface area contributed by atoms with Crippen molar-refractivity contribution < 1.29 is 9.53 Å². The number of hydrogen-bond donors (Lipinski definition) is 1. The van der Waals surface area contributed by atoms with Crippen LogP contribution < -0.4 is 5.32 Å². The van der Waals surface area contributed by atoms with E-state index < -0.39 is 0 Å². The fourth-order valence-electron chi connectivity index (χ4n) is 2.26. The second-order valence-electron chi connectivity index (χ2n) is 4.47. The van der Waals surface area contributed by atoms with Crippen molar-refractivity contribution in [1.82, 2.24) is 5.32 Å². The molecule has 3 nitrogen and oxygen atoms in total. The Morgan fingerprint density at radius 3 is 2.79 bits per heavy atom. The first-order valence-electron chi connectivity index (χ1n) is 5.19. The summed E-state index contributed by atoms with van der Waals surface area (Å²) in [4.78, 5) is 10.9. The molecule has 0 saturated carbocycles. The highest BCUT2D eigenvalue weighted by Crippen LogP contribution is 2.38. The second kappa shape index (κ2) is 4.01. The van der Waals surface area contributed by atoms with E-state index in [9.17, 15) is 4.79 Å². The summed E-state index contributed by atoms with van der Waals surface area (Å²) < 4.78 is 5.09. The topological polar surface area (TPSA) is 38.3 Å². The monoisotopic (exact) mass is 215 g/mol. The molecule has 1 unspecified atom stereocenters. The van der Waals surface area contributed by atoms with E-state index in [0.29, 0.717) is 12.5 Å². The molecule has 2 fully saturated rings. The van der Waals surface area contributed by atoms with E-state index in [-0.39, 0.29) is 11.5 Å². The molecular formula is C10H17NO2S. The lowest BCUT2D eigenvalue weighted by Gasteiger charge is -2.41. The van der Waals surface area contributed by atoms with Crippen molar-refractivity contribution >= 4 is 17.9 Å². The standard InChI is InChI=1S/C10H17NO2S/c1-10(6-11-9(12)13-7-10)8-2-4-14-5-3-8/h8H,2-7H2,1H3,(H,11,12). The number of carbonyl (C=O) groups is 1. The highest BCUT2D eigenvalue weighted by Gasteiger charge is 2.39. The van der Waals surface area contributed by atoms with Gasteiger partial charge in [-0.3, -0.25) is 0 Å². The molecule has 0 aromatic carbocycles. The van der Waals surface area contributed by atoms with Crippen molar-refractivity contribution in [2.45, 2.75) is 19.8 Å². The molecule has 1 amide bonds. The summed E-state index contributed by atoms with van der Waals surface area (Å²) in [5.74, 6) is 3.23. The highest BCUT2D eigenvalue weighted by molar-refractivity contribution is 7.99. The third kappa shape index (κ3) is 2.00. The summed E-state index contributed by atoms with van der Waals surface area (Å²) in [6.45, 7) is 3.60. The van der Waals surface area contributed by atoms with Crippen LogP contribution in [0, 0.1) is 11.3 Å². The molecule has 2 aliphatic heterocycles. The van der Waals surface area contributed by atoms with Crippen LogP contribution in [0.2, 0.25) is 0 Å². The molecule has 0 bridgehead atoms. The Morgan fingerprint density at radius 2 is 2.21 bits per heavy atom. The largest absolute Gasteiger partial charge is 0.449 e. The maximum absolute atomic E-state index is 10.9. The fraction of sp³-hybridized carbons (Fsp3) is 0.900. The molecule has 2 heterocycles. The van der Waals surface area contributed by atoms with Crippen LogP contribution in [0.15, 0.2) is 0 Å². The van der Waals surface area contributed by atoms with Gasteiger partial charge in [-0.25, -0.2) is 4.79 Å². The number of nitrogens with one attached hydrogen (secondary N) is 1. The summed E-state index contributed by atoms with van der Waals surface area (Å²) in [7, 11) is 0. The summed E-state index contributed by atoms with van der Waals surface area (Å²) in [6.07, 6.45) is 2.27. The van der Waals surface area contributed by atoms with E-state index in [0.717, 1.165) is 6.54 Å². The van der Waals surface area contributed by atoms with Crippen LogP contribution in [-0.2, 0) is 4.74 Å². The zero-order chi connectivity index (χ0) is 10.0. The minimum atomic E-state index is -0.257. The van der Waals surface area contributed by atoms with Gasteiger partial charge in [0.25, 0.3) is 0 Å². The third-order valence-corrected chi connectivity index (χ3v) is 4.43. The van der Waals surface area contributed by atoms with Gasteiger partial charge in [0.15, 0.2) is 0 Å². The molecule has 0 aliphatic carbocycles. The molecular weight excluding hydrogens is 198 g/mol. The lowest BCUT2D eigenvalue weighted by atomic mass is 9.74. The van der Waals surface area contributed by atoms with E-state index in [1.54, 1.807) is 0 Å². The third-order valence-electron chi connectivity index (χ3n) is 3.38. The van der Waals surface area contributed by atoms with E-state index in [2.05, 4.69) is 12.2 Å². The Morgan fingerprint density at radius 1 is 1.50 bits per heavy atom. The van der Waals surface area contributed by atoms with Crippen molar-refractivity contribution in [3.8, 4) is 0 Å². The molecule has 80 valence electrons. The molecule has 1 atom stereocenters. The van der Waals surface area contributed by atoms with E-state index in [1.807, 2.05) is 11.8 Å². The molecule has 2 aliphatic rings. The SMILES string of the molecule is CC1(C2CCSCC2)CNC(=O)OC1. The molecule has 2 saturated heterocycles. The van der Waals surface area contributed by atoms with Crippen molar-refractivity contribution in [3.63, 3.8) is 0 Å². The lowest BCUT2D eigenvalue weighted by Crippen LogP contribution is -2.50. The van der Waals surface area contributed by atoms with Crippen molar-refractivity contribution in [3.05, 3.63) is 0 Å². The Bertz CT molecular complexity index is 216. The lowest BCUT2D eigenvalue weighted by molar-refractivity contribution is 0.0211. The van der Waals surface area contributed by atoms with Crippen LogP contribution in [0.1, 0.15) is 19.8 Å². The molecule has 0 aromatic heterocycles. The Hall–Kier alpha value is -0.380. The fourth-order valence-corrected chi connectivity index (χ4v) is 3.37. The Kier molecular flexibility index (Phi) is 2.91. The molecule has 0 aromatic rings. The average Bonchev–Trinajstić information content (AvgIpc) is 2.24. The predicted molar refractivity (Wildman–Crippen MR) is 57.5 cm³/mol. The molecule has 0 radical (unpaired) electrons. The number of amides is 1. The first-order chi connectivity index (χ1) is 6.71. The van der Waals surface area contributed by atoms with Gasteiger partial charge >= 0.3 is 6.09 Å². The van der Waals surface area contributed by atoms with Crippen LogP contribution in [0.25, 0.3) is 0 Å². The summed E-state index contributed by atoms with van der Waals surface area (Å²) in [6, 6.07) is 0. The molecule has 0 spiro atoms. The maximum atomic E-state index is 10.9. The maximum Gasteiger partial charge on any atom is 0.407 e. The highest BCUT2D eigenvalue weighted by atomic mass is 32.2. The minimum Gasteiger partial charge on any atom is -0.449 e. The average molecular weight is 215 g/mol. The van der Waals surface area contributed by atoms with Gasteiger partial charge in [-0.05, 0) is 30.3 Å². The number of cyclic esters (lactones) is 1. The predicted octanol–water partition coefficient (Wildman–Crippen LogP) is 1.88. The van der Waals surface area contributed by atoms with Crippen molar-refractivity contribution in [1.29, 1.82) is 0 Å². The first kappa shape index (κ1) is 10.1. The Labute approximate surface area is 89.0 Å². The number of hydrogen-bond acceptors (Lipinski definition) is 3. The summed E-state index contributed by atoms with van der Waals surface area (Å²) >= 11 is 2.03. The van der Waals surface area contributed by atoms with Gasteiger partial charge in [0.05, 0.1) is 0 Å². The number of carbonyl (C=O) groups excluding carboxylic acids is 1. The molecule has 2 rings (SSSR count). The molecule has 4 heteroatoms. The van der Waals surface area contributed by atoms with E-state index >= 15 is 0 Å². The smallest absolute Gasteiger partial charge is 0.407 e. The second-order valence-corrected chi connectivity index (χ2v) is 5.70. The zero-order valence-electron chi connectivity index (χ0n) is 8.54. The summed E-state index contributed by atoms with van der Waals surface area (Å²) in [5.41, 5.74) is 0.162. The van der Waals surface area contributed by atoms with Crippen molar-refractivity contribution in [2.24, 2.45) is 11.3 Å². The minimum absolute atomic E-state index is 0.162. The van der Waals surface area contributed by atoms with Gasteiger partial charge in [-0.1, -0.05) is 6.92 Å². The van der Waals surface area contributed by atoms with Gasteiger partial charge in [0, 0.05) is 12.0 Å². The van der Waals surface area contributed by atoms with Gasteiger partial charge in [-0.2, -0.15) is 11.8 Å². The van der Waals surface area contributed by atoms with Gasteiger partial charge < -0.3 is 10.1 Å². The van der Waals surface area contributed by atoms with Gasteiger partial charge in [0.2, 0.25) is 0 Å². The number of ether oxygens (including phenoxy) is 1. The number of thioether (sulfide) groups is 1. The normalized spacial score (nSPS) is 34.8. The molecule has 1 N–H and O–H groups in total. The van der Waals surface area contributed by atoms with Gasteiger partial charge in [0.1, 0.15) is 6.61 Å². The van der Waals surface area contributed by atoms with Crippen LogP contribution >= 0.6 is 11.8 Å². The summed E-state index contributed by atoms with van der Waals surface area (Å²) in [5, 5.41) is 2.80. The van der Waals surface area contributed by atoms with Gasteiger partial charge in [-0.15, -0.1) is 0 Å². The van der Waals surface area contributed by atoms with Crippen molar-refractivity contribution in [2.75, 3.05) is 24.7 Å². The number of alkyl carbamates (subject to hydrolysis) is 1.